The minimum absolute atomic E-state index is 0.135. The Morgan fingerprint density at radius 1 is 1.27 bits per heavy atom. The number of nitrogens with zero attached hydrogens (tertiary/aromatic N) is 1. The summed E-state index contributed by atoms with van der Waals surface area (Å²) >= 11 is 0. The lowest BCUT2D eigenvalue weighted by Crippen LogP contribution is -2.36. The number of hydrogen-bond acceptors (Lipinski definition) is 2. The minimum atomic E-state index is 0.135. The van der Waals surface area contributed by atoms with Crippen molar-refractivity contribution in [1.82, 2.24) is 10.2 Å². The molecule has 1 aliphatic heterocycles. The van der Waals surface area contributed by atoms with Crippen LogP contribution in [-0.4, -0.2) is 37.0 Å². The topological polar surface area (TPSA) is 32.3 Å². The quantitative estimate of drug-likeness (QED) is 0.785. The monoisotopic (exact) mass is 302 g/mol. The fourth-order valence-corrected chi connectivity index (χ4v) is 3.16. The number of piperidine rings is 1. The number of hydrogen-bond donors (Lipinski definition) is 1. The highest BCUT2D eigenvalue weighted by atomic mass is 16.1. The standard InChI is InChI=1S/C19H30N2O/c1-3-17-7-9-18(10-8-17)14-19(22)20-11-5-13-21-12-4-6-16(2)15-21/h7-10,16H,3-6,11-15H2,1-2H3,(H,20,22)/t16-/m1/s1. The Morgan fingerprint density at radius 3 is 2.68 bits per heavy atom. The van der Waals surface area contributed by atoms with E-state index < -0.39 is 0 Å². The van der Waals surface area contributed by atoms with Gasteiger partial charge in [-0.05, 0) is 55.8 Å². The van der Waals surface area contributed by atoms with Gasteiger partial charge in [-0.2, -0.15) is 0 Å². The Balaban J connectivity index is 1.61. The number of rotatable bonds is 7. The molecule has 0 unspecified atom stereocenters. The lowest BCUT2D eigenvalue weighted by molar-refractivity contribution is -0.120. The Morgan fingerprint density at radius 2 is 2.00 bits per heavy atom. The maximum atomic E-state index is 11.9. The molecule has 2 rings (SSSR count). The highest BCUT2D eigenvalue weighted by molar-refractivity contribution is 5.78. The van der Waals surface area contributed by atoms with Crippen LogP contribution in [0.25, 0.3) is 0 Å². The van der Waals surface area contributed by atoms with Crippen molar-refractivity contribution >= 4 is 5.91 Å². The molecule has 0 bridgehead atoms. The SMILES string of the molecule is CCc1ccc(CC(=O)NCCCN2CCC[C@@H](C)C2)cc1. The smallest absolute Gasteiger partial charge is 0.224 e. The molecule has 0 aliphatic carbocycles. The third-order valence-corrected chi connectivity index (χ3v) is 4.51. The molecule has 1 atom stereocenters. The van der Waals surface area contributed by atoms with Gasteiger partial charge in [0, 0.05) is 13.1 Å². The van der Waals surface area contributed by atoms with Crippen LogP contribution in [0.4, 0.5) is 0 Å². The molecule has 3 nitrogen and oxygen atoms in total. The molecule has 22 heavy (non-hydrogen) atoms. The van der Waals surface area contributed by atoms with E-state index in [0.29, 0.717) is 6.42 Å². The first-order valence-electron chi connectivity index (χ1n) is 8.74. The number of carbonyl (C=O) groups is 1. The molecule has 1 heterocycles. The summed E-state index contributed by atoms with van der Waals surface area (Å²) in [6.07, 6.45) is 5.27. The molecule has 0 spiro atoms. The van der Waals surface area contributed by atoms with Crippen molar-refractivity contribution in [2.75, 3.05) is 26.2 Å². The van der Waals surface area contributed by atoms with E-state index in [-0.39, 0.29) is 5.91 Å². The van der Waals surface area contributed by atoms with Gasteiger partial charge >= 0.3 is 0 Å². The van der Waals surface area contributed by atoms with E-state index >= 15 is 0 Å². The Labute approximate surface area is 135 Å². The van der Waals surface area contributed by atoms with Crippen LogP contribution in [0.3, 0.4) is 0 Å². The summed E-state index contributed by atoms with van der Waals surface area (Å²) in [7, 11) is 0. The Kier molecular flexibility index (Phi) is 6.91. The predicted molar refractivity (Wildman–Crippen MR) is 92.0 cm³/mol. The second-order valence-corrected chi connectivity index (χ2v) is 6.60. The zero-order chi connectivity index (χ0) is 15.8. The average Bonchev–Trinajstić information content (AvgIpc) is 2.52. The number of carbonyl (C=O) groups excluding carboxylic acids is 1. The van der Waals surface area contributed by atoms with Crippen LogP contribution in [0.1, 0.15) is 44.2 Å². The Bertz CT molecular complexity index is 455. The van der Waals surface area contributed by atoms with Crippen LogP contribution in [0.5, 0.6) is 0 Å². The maximum absolute atomic E-state index is 11.9. The summed E-state index contributed by atoms with van der Waals surface area (Å²) < 4.78 is 0. The van der Waals surface area contributed by atoms with Gasteiger partial charge in [0.25, 0.3) is 0 Å². The maximum Gasteiger partial charge on any atom is 0.224 e. The summed E-state index contributed by atoms with van der Waals surface area (Å²) in [5.41, 5.74) is 2.42. The molecule has 3 heteroatoms. The largest absolute Gasteiger partial charge is 0.356 e. The van der Waals surface area contributed by atoms with Crippen molar-refractivity contribution in [2.45, 2.75) is 46.0 Å². The summed E-state index contributed by atoms with van der Waals surface area (Å²) in [6.45, 7) is 8.81. The van der Waals surface area contributed by atoms with E-state index in [1.807, 2.05) is 0 Å². The van der Waals surface area contributed by atoms with Gasteiger partial charge in [-0.15, -0.1) is 0 Å². The fraction of sp³-hybridized carbons (Fsp3) is 0.632. The molecule has 1 aromatic carbocycles. The zero-order valence-electron chi connectivity index (χ0n) is 14.1. The molecule has 0 aromatic heterocycles. The van der Waals surface area contributed by atoms with Gasteiger partial charge in [-0.3, -0.25) is 4.79 Å². The second kappa shape index (κ2) is 8.94. The number of benzene rings is 1. The third kappa shape index (κ3) is 5.80. The highest BCUT2D eigenvalue weighted by Crippen LogP contribution is 2.15. The number of nitrogens with one attached hydrogen (secondary N) is 1. The molecule has 1 amide bonds. The molecule has 1 aliphatic rings. The molecule has 1 saturated heterocycles. The molecule has 1 aromatic rings. The van der Waals surface area contributed by atoms with Gasteiger partial charge in [0.15, 0.2) is 0 Å². The first-order valence-corrected chi connectivity index (χ1v) is 8.74. The van der Waals surface area contributed by atoms with Crippen molar-refractivity contribution in [3.63, 3.8) is 0 Å². The summed E-state index contributed by atoms with van der Waals surface area (Å²) in [6, 6.07) is 8.35. The van der Waals surface area contributed by atoms with Gasteiger partial charge in [0.1, 0.15) is 0 Å². The molecule has 1 fully saturated rings. The normalized spacial score (nSPS) is 19.1. The Hall–Kier alpha value is -1.35. The molecular formula is C19H30N2O. The predicted octanol–water partition coefficient (Wildman–Crippen LogP) is 3.03. The van der Waals surface area contributed by atoms with Crippen LogP contribution < -0.4 is 5.32 Å². The average molecular weight is 302 g/mol. The highest BCUT2D eigenvalue weighted by Gasteiger charge is 2.15. The van der Waals surface area contributed by atoms with E-state index in [4.69, 9.17) is 0 Å². The van der Waals surface area contributed by atoms with Gasteiger partial charge in [0.2, 0.25) is 5.91 Å². The van der Waals surface area contributed by atoms with E-state index in [0.717, 1.165) is 37.4 Å². The third-order valence-electron chi connectivity index (χ3n) is 4.51. The van der Waals surface area contributed by atoms with Gasteiger partial charge in [-0.1, -0.05) is 38.1 Å². The molecule has 0 saturated carbocycles. The minimum Gasteiger partial charge on any atom is -0.356 e. The van der Waals surface area contributed by atoms with Crippen molar-refractivity contribution in [1.29, 1.82) is 0 Å². The lowest BCUT2D eigenvalue weighted by atomic mass is 10.0. The molecular weight excluding hydrogens is 272 g/mol. The van der Waals surface area contributed by atoms with E-state index in [1.165, 1.54) is 31.5 Å². The van der Waals surface area contributed by atoms with Crippen molar-refractivity contribution < 1.29 is 4.79 Å². The summed E-state index contributed by atoms with van der Waals surface area (Å²) in [4.78, 5) is 14.5. The van der Waals surface area contributed by atoms with Crippen molar-refractivity contribution in [3.05, 3.63) is 35.4 Å². The summed E-state index contributed by atoms with van der Waals surface area (Å²) in [5.74, 6) is 0.964. The number of likely N-dealkylation sites (tertiary alicyclic amines) is 1. The van der Waals surface area contributed by atoms with Crippen molar-refractivity contribution in [3.8, 4) is 0 Å². The molecule has 122 valence electrons. The van der Waals surface area contributed by atoms with Crippen LogP contribution in [0.2, 0.25) is 0 Å². The van der Waals surface area contributed by atoms with E-state index in [2.05, 4.69) is 48.3 Å². The van der Waals surface area contributed by atoms with E-state index in [9.17, 15) is 4.79 Å². The lowest BCUT2D eigenvalue weighted by Gasteiger charge is -2.30. The number of amides is 1. The second-order valence-electron chi connectivity index (χ2n) is 6.60. The van der Waals surface area contributed by atoms with Gasteiger partial charge in [0.05, 0.1) is 6.42 Å². The van der Waals surface area contributed by atoms with Crippen molar-refractivity contribution in [2.24, 2.45) is 5.92 Å². The zero-order valence-corrected chi connectivity index (χ0v) is 14.1. The van der Waals surface area contributed by atoms with Crippen LogP contribution in [0, 0.1) is 5.92 Å². The molecule has 0 radical (unpaired) electrons. The first kappa shape index (κ1) is 17.0. The van der Waals surface area contributed by atoms with E-state index in [1.54, 1.807) is 0 Å². The van der Waals surface area contributed by atoms with Crippen LogP contribution in [-0.2, 0) is 17.6 Å². The van der Waals surface area contributed by atoms with Gasteiger partial charge < -0.3 is 10.2 Å². The van der Waals surface area contributed by atoms with Crippen LogP contribution >= 0.6 is 0 Å². The number of aryl methyl sites for hydroxylation is 1. The summed E-state index contributed by atoms with van der Waals surface area (Å²) in [5, 5.41) is 3.04. The fourth-order valence-electron chi connectivity index (χ4n) is 3.16. The first-order chi connectivity index (χ1) is 10.7. The molecule has 1 N–H and O–H groups in total. The van der Waals surface area contributed by atoms with Gasteiger partial charge in [-0.25, -0.2) is 0 Å². The van der Waals surface area contributed by atoms with Crippen LogP contribution in [0.15, 0.2) is 24.3 Å².